The van der Waals surface area contributed by atoms with Gasteiger partial charge in [0.15, 0.2) is 12.5 Å². The first-order chi connectivity index (χ1) is 1.00. The average Bonchev–Trinajstić information content (AvgIpc) is 1.00. The van der Waals surface area contributed by atoms with Gasteiger partial charge in [-0.2, -0.15) is 4.21 Å². The minimum atomic E-state index is 0. The molecule has 0 heterocycles. The molecule has 0 spiro atoms. The van der Waals surface area contributed by atoms with Crippen molar-refractivity contribution in [3.63, 3.8) is 0 Å². The van der Waals surface area contributed by atoms with Crippen LogP contribution in [0.1, 0.15) is 0 Å². The van der Waals surface area contributed by atoms with E-state index in [1.54, 1.807) is 0 Å². The van der Waals surface area contributed by atoms with Gasteiger partial charge in [-0.05, 0) is 0 Å². The smallest absolute Gasteiger partial charge is 2.00 e. The Balaban J connectivity index is -0.00000000500. The van der Waals surface area contributed by atoms with E-state index in [2.05, 4.69) is 12.5 Å². The molecule has 0 aromatic carbocycles. The van der Waals surface area contributed by atoms with Crippen LogP contribution in [-0.4, -0.2) is 4.21 Å². The molecule has 0 N–H and O–H groups in total. The van der Waals surface area contributed by atoms with Crippen molar-refractivity contribution < 1.29 is 26.8 Å². The predicted octanol–water partition coefficient (Wildman–Crippen LogP) is -0.458. The molecule has 25 valence electrons. The molecule has 0 amide bonds. The Morgan fingerprint density at radius 1 is 1.25 bits per heavy atom. The van der Waals surface area contributed by atoms with Gasteiger partial charge in [-0.3, -0.25) is 0 Å². The van der Waals surface area contributed by atoms with Crippen LogP contribution >= 0.6 is 0 Å². The van der Waals surface area contributed by atoms with Crippen LogP contribution in [0.2, 0.25) is 0 Å². The maximum Gasteiger partial charge on any atom is 2.00 e. The van der Waals surface area contributed by atoms with Gasteiger partial charge < -0.3 is 5.48 Å². The standard InChI is InChI=1S/Mn.OS.O/c;1-2;/q+2;;-2. The minimum Gasteiger partial charge on any atom is -2.00 e. The van der Waals surface area contributed by atoms with E-state index in [0.29, 0.717) is 0 Å². The molecule has 0 aliphatic rings. The first-order valence-corrected chi connectivity index (χ1v) is 0.500. The molecule has 0 bridgehead atoms. The second kappa shape index (κ2) is 87.6. The average molecular weight is 119 g/mol. The molecule has 0 fully saturated rings. The molecule has 0 aliphatic carbocycles. The summed E-state index contributed by atoms with van der Waals surface area (Å²) in [5.41, 5.74) is 0. The normalized spacial score (nSPS) is 1.00. The van der Waals surface area contributed by atoms with Crippen molar-refractivity contribution in [2.75, 3.05) is 0 Å². The second-order valence-electron chi connectivity index (χ2n) is 0. The summed E-state index contributed by atoms with van der Waals surface area (Å²) in [7, 11) is 0. The number of rotatable bonds is 0. The van der Waals surface area contributed by atoms with Crippen molar-refractivity contribution in [3.8, 4) is 0 Å². The van der Waals surface area contributed by atoms with Crippen molar-refractivity contribution in [1.82, 2.24) is 0 Å². The van der Waals surface area contributed by atoms with Crippen LogP contribution in [-0.2, 0) is 35.1 Å². The van der Waals surface area contributed by atoms with Gasteiger partial charge in [-0.1, -0.05) is 0 Å². The summed E-state index contributed by atoms with van der Waals surface area (Å²) in [5.74, 6) is 0. The molecule has 4 heteroatoms. The molecule has 0 atom stereocenters. The van der Waals surface area contributed by atoms with Crippen LogP contribution in [0, 0.1) is 0 Å². The number of hydrogen-bond acceptors (Lipinski definition) is 2. The quantitative estimate of drug-likeness (QED) is 0.405. The van der Waals surface area contributed by atoms with Gasteiger partial charge in [0.05, 0.1) is 0 Å². The fourth-order valence-electron chi connectivity index (χ4n) is 0. The first-order valence-electron chi connectivity index (χ1n) is 0.167. The molecule has 0 aromatic rings. The van der Waals surface area contributed by atoms with Gasteiger partial charge in [0.25, 0.3) is 0 Å². The van der Waals surface area contributed by atoms with Gasteiger partial charge in [-0.15, -0.1) is 0 Å². The van der Waals surface area contributed by atoms with Crippen molar-refractivity contribution in [2.45, 2.75) is 0 Å². The third-order valence-electron chi connectivity index (χ3n) is 0. The summed E-state index contributed by atoms with van der Waals surface area (Å²) < 4.78 is 7.83. The van der Waals surface area contributed by atoms with Gasteiger partial charge in [-0.25, -0.2) is 0 Å². The third kappa shape index (κ3) is 22.5. The second-order valence-corrected chi connectivity index (χ2v) is 0. The summed E-state index contributed by atoms with van der Waals surface area (Å²) in [6.45, 7) is 0. The fraction of sp³-hybridized carbons (Fsp3) is 0. The van der Waals surface area contributed by atoms with E-state index >= 15 is 0 Å². The van der Waals surface area contributed by atoms with Gasteiger partial charge in [0.2, 0.25) is 0 Å². The third-order valence-corrected chi connectivity index (χ3v) is 0. The van der Waals surface area contributed by atoms with Crippen LogP contribution < -0.4 is 0 Å². The zero-order valence-electron chi connectivity index (χ0n) is 1.60. The summed E-state index contributed by atoms with van der Waals surface area (Å²) in [4.78, 5) is 0. The molecular weight excluding hydrogens is 119 g/mol. The summed E-state index contributed by atoms with van der Waals surface area (Å²) in [6, 6.07) is 0. The summed E-state index contributed by atoms with van der Waals surface area (Å²) in [5, 5.41) is 0. The summed E-state index contributed by atoms with van der Waals surface area (Å²) in [6.07, 6.45) is 0. The Hall–Kier alpha value is 0.499. The Labute approximate surface area is 39.9 Å². The van der Waals surface area contributed by atoms with Crippen LogP contribution in [0.15, 0.2) is 0 Å². The molecular formula is MnO2S. The van der Waals surface area contributed by atoms with E-state index in [9.17, 15) is 0 Å². The van der Waals surface area contributed by atoms with E-state index in [0.717, 1.165) is 0 Å². The zero-order valence-corrected chi connectivity index (χ0v) is 3.60. The molecule has 0 aromatic heterocycles. The van der Waals surface area contributed by atoms with Crippen LogP contribution in [0.5, 0.6) is 0 Å². The van der Waals surface area contributed by atoms with E-state index in [-0.39, 0.29) is 22.5 Å². The van der Waals surface area contributed by atoms with Crippen LogP contribution in [0.4, 0.5) is 0 Å². The number of hydrogen-bond donors (Lipinski definition) is 0. The monoisotopic (exact) mass is 119 g/mol. The molecule has 0 unspecified atom stereocenters. The fourth-order valence-corrected chi connectivity index (χ4v) is 0. The minimum absolute atomic E-state index is 0. The molecule has 1 radical (unpaired) electrons. The first kappa shape index (κ1) is 24.5. The van der Waals surface area contributed by atoms with E-state index in [1.807, 2.05) is 0 Å². The Kier molecular flexibility index (Phi) is 537. The Bertz CT molecular complexity index is 6.00. The van der Waals surface area contributed by atoms with E-state index in [4.69, 9.17) is 4.21 Å². The zero-order chi connectivity index (χ0) is 2.00. The van der Waals surface area contributed by atoms with Crippen LogP contribution in [0.3, 0.4) is 0 Å². The molecule has 0 aliphatic heterocycles. The Morgan fingerprint density at radius 3 is 1.25 bits per heavy atom. The van der Waals surface area contributed by atoms with Crippen molar-refractivity contribution in [2.24, 2.45) is 0 Å². The molecule has 0 rings (SSSR count). The van der Waals surface area contributed by atoms with Gasteiger partial charge >= 0.3 is 17.1 Å². The van der Waals surface area contributed by atoms with Crippen molar-refractivity contribution >= 4 is 12.5 Å². The van der Waals surface area contributed by atoms with E-state index < -0.39 is 0 Å². The largest absolute Gasteiger partial charge is 2.00 e. The molecule has 0 saturated carbocycles. The summed E-state index contributed by atoms with van der Waals surface area (Å²) >= 11 is 2.83. The van der Waals surface area contributed by atoms with Crippen molar-refractivity contribution in [3.05, 3.63) is 0 Å². The Morgan fingerprint density at radius 2 is 1.25 bits per heavy atom. The topological polar surface area (TPSA) is 45.6 Å². The molecule has 4 heavy (non-hydrogen) atoms. The van der Waals surface area contributed by atoms with Crippen molar-refractivity contribution in [1.29, 1.82) is 0 Å². The van der Waals surface area contributed by atoms with Gasteiger partial charge in [0.1, 0.15) is 0 Å². The maximum atomic E-state index is 7.83. The molecule has 2 nitrogen and oxygen atoms in total. The van der Waals surface area contributed by atoms with Crippen LogP contribution in [0.25, 0.3) is 0 Å². The van der Waals surface area contributed by atoms with Gasteiger partial charge in [0, 0.05) is 0 Å². The molecule has 0 saturated heterocycles. The van der Waals surface area contributed by atoms with E-state index in [1.165, 1.54) is 0 Å². The SMILES string of the molecule is O=S.[Mn+2].[O-2]. The predicted molar refractivity (Wildman–Crippen MR) is 8.83 cm³/mol. The maximum absolute atomic E-state index is 7.83.